The van der Waals surface area contributed by atoms with Gasteiger partial charge in [-0.3, -0.25) is 4.79 Å². The first kappa shape index (κ1) is 18.5. The number of nitrogens with one attached hydrogen (secondary N) is 1. The molecule has 1 aliphatic carbocycles. The zero-order valence-corrected chi connectivity index (χ0v) is 15.4. The minimum atomic E-state index is -0.874. The average Bonchev–Trinajstić information content (AvgIpc) is 2.85. The number of ether oxygens (including phenoxy) is 1. The van der Waals surface area contributed by atoms with E-state index < -0.39 is 12.1 Å². The third kappa shape index (κ3) is 4.81. The number of halogens is 2. The van der Waals surface area contributed by atoms with Crippen molar-refractivity contribution in [3.05, 3.63) is 15.1 Å². The summed E-state index contributed by atoms with van der Waals surface area (Å²) in [6.45, 7) is 3.65. The summed E-state index contributed by atoms with van der Waals surface area (Å²) in [7, 11) is 0. The molecule has 0 unspecified atom stereocenters. The normalized spacial score (nSPS) is 17.1. The summed E-state index contributed by atoms with van der Waals surface area (Å²) in [5, 5.41) is 3.05. The van der Waals surface area contributed by atoms with Crippen LogP contribution in [0.2, 0.25) is 9.36 Å². The van der Waals surface area contributed by atoms with E-state index in [0.717, 1.165) is 37.2 Å². The van der Waals surface area contributed by atoms with Crippen LogP contribution in [-0.4, -0.2) is 28.4 Å². The lowest BCUT2D eigenvalue weighted by Gasteiger charge is -2.26. The summed E-state index contributed by atoms with van der Waals surface area (Å²) < 4.78 is 9.45. The van der Waals surface area contributed by atoms with Crippen LogP contribution >= 0.6 is 34.7 Å². The van der Waals surface area contributed by atoms with Crippen LogP contribution in [0.1, 0.15) is 56.4 Å². The van der Waals surface area contributed by atoms with Crippen LogP contribution in [-0.2, 0) is 9.53 Å². The van der Waals surface area contributed by atoms with Crippen LogP contribution in [0.25, 0.3) is 0 Å². The molecule has 1 heterocycles. The summed E-state index contributed by atoms with van der Waals surface area (Å²) in [5.74, 6) is -1.15. The highest BCUT2D eigenvalue weighted by Crippen LogP contribution is 2.30. The molecular weight excluding hydrogens is 359 g/mol. The molecule has 2 rings (SSSR count). The second-order valence-electron chi connectivity index (χ2n) is 6.03. The quantitative estimate of drug-likeness (QED) is 0.783. The van der Waals surface area contributed by atoms with Gasteiger partial charge in [-0.1, -0.05) is 56.3 Å². The Morgan fingerprint density at radius 3 is 2.43 bits per heavy atom. The number of rotatable bonds is 5. The summed E-state index contributed by atoms with van der Waals surface area (Å²) in [6, 6.07) is 0.161. The Morgan fingerprint density at radius 2 is 1.91 bits per heavy atom. The van der Waals surface area contributed by atoms with Gasteiger partial charge < -0.3 is 10.1 Å². The lowest BCUT2D eigenvalue weighted by Crippen LogP contribution is -2.46. The average molecular weight is 379 g/mol. The van der Waals surface area contributed by atoms with Crippen LogP contribution in [0, 0.1) is 5.92 Å². The van der Waals surface area contributed by atoms with Crippen LogP contribution in [0.4, 0.5) is 0 Å². The van der Waals surface area contributed by atoms with Gasteiger partial charge in [0.15, 0.2) is 11.8 Å². The Balaban J connectivity index is 2.01. The third-order valence-electron chi connectivity index (χ3n) is 3.84. The Morgan fingerprint density at radius 1 is 1.26 bits per heavy atom. The summed E-state index contributed by atoms with van der Waals surface area (Å²) >= 11 is 12.6. The minimum absolute atomic E-state index is 0.0437. The summed E-state index contributed by atoms with van der Waals surface area (Å²) in [4.78, 5) is 24.6. The molecule has 1 saturated carbocycles. The smallest absolute Gasteiger partial charge is 0.360 e. The number of amides is 1. The van der Waals surface area contributed by atoms with Crippen LogP contribution in [0.3, 0.4) is 0 Å². The number of hydrogen-bond donors (Lipinski definition) is 1. The van der Waals surface area contributed by atoms with Crippen LogP contribution < -0.4 is 5.32 Å². The first-order valence-electron chi connectivity index (χ1n) is 7.72. The maximum absolute atomic E-state index is 12.4. The molecule has 0 radical (unpaired) electrons. The predicted molar refractivity (Wildman–Crippen MR) is 91.2 cm³/mol. The molecule has 1 aliphatic rings. The molecule has 1 fully saturated rings. The standard InChI is InChI=1S/C15H20Cl2N2O3S/c1-8(2)12(14(20)18-9-6-4-3-5-7-9)22-15(21)11-10(16)13(17)23-19-11/h8-9,12H,3-7H2,1-2H3,(H,18,20)/t12-/m0/s1. The molecule has 23 heavy (non-hydrogen) atoms. The summed E-state index contributed by atoms with van der Waals surface area (Å²) in [5.41, 5.74) is -0.0437. The fourth-order valence-electron chi connectivity index (χ4n) is 2.58. The Bertz CT molecular complexity index is 571. The van der Waals surface area contributed by atoms with Crippen molar-refractivity contribution in [2.24, 2.45) is 5.92 Å². The van der Waals surface area contributed by atoms with E-state index in [1.807, 2.05) is 13.8 Å². The maximum atomic E-state index is 12.4. The molecule has 0 bridgehead atoms. The number of carbonyl (C=O) groups is 2. The van der Waals surface area contributed by atoms with E-state index in [4.69, 9.17) is 27.9 Å². The van der Waals surface area contributed by atoms with E-state index in [1.54, 1.807) is 0 Å². The molecule has 128 valence electrons. The molecule has 1 amide bonds. The van der Waals surface area contributed by atoms with Gasteiger partial charge in [-0.15, -0.1) is 0 Å². The molecule has 5 nitrogen and oxygen atoms in total. The molecule has 1 aromatic heterocycles. The fourth-order valence-corrected chi connectivity index (χ4v) is 3.56. The van der Waals surface area contributed by atoms with E-state index in [9.17, 15) is 9.59 Å². The highest BCUT2D eigenvalue weighted by atomic mass is 35.5. The van der Waals surface area contributed by atoms with Crippen LogP contribution in [0.5, 0.6) is 0 Å². The van der Waals surface area contributed by atoms with Crippen molar-refractivity contribution < 1.29 is 14.3 Å². The maximum Gasteiger partial charge on any atom is 0.360 e. The SMILES string of the molecule is CC(C)[C@H](OC(=O)c1nsc(Cl)c1Cl)C(=O)NC1CCCCC1. The van der Waals surface area contributed by atoms with Gasteiger partial charge in [0.1, 0.15) is 9.36 Å². The van der Waals surface area contributed by atoms with E-state index in [2.05, 4.69) is 9.69 Å². The van der Waals surface area contributed by atoms with Crippen molar-refractivity contribution in [3.63, 3.8) is 0 Å². The van der Waals surface area contributed by atoms with Gasteiger partial charge in [-0.05, 0) is 30.3 Å². The molecule has 1 atom stereocenters. The predicted octanol–water partition coefficient (Wildman–Crippen LogP) is 4.08. The highest BCUT2D eigenvalue weighted by Gasteiger charge is 2.31. The highest BCUT2D eigenvalue weighted by molar-refractivity contribution is 7.11. The van der Waals surface area contributed by atoms with Gasteiger partial charge >= 0.3 is 5.97 Å². The Labute approximate surface area is 149 Å². The molecule has 0 aromatic carbocycles. The van der Waals surface area contributed by atoms with Gasteiger partial charge in [-0.25, -0.2) is 4.79 Å². The summed E-state index contributed by atoms with van der Waals surface area (Å²) in [6.07, 6.45) is 4.50. The molecule has 1 aromatic rings. The molecule has 0 saturated heterocycles. The second kappa shape index (κ2) is 8.31. The van der Waals surface area contributed by atoms with Gasteiger partial charge in [0.25, 0.3) is 5.91 Å². The number of hydrogen-bond acceptors (Lipinski definition) is 5. The van der Waals surface area contributed by atoms with Crippen molar-refractivity contribution >= 4 is 46.6 Å². The fraction of sp³-hybridized carbons (Fsp3) is 0.667. The van der Waals surface area contributed by atoms with Crippen molar-refractivity contribution in [3.8, 4) is 0 Å². The Kier molecular flexibility index (Phi) is 6.68. The van der Waals surface area contributed by atoms with Gasteiger partial charge in [-0.2, -0.15) is 4.37 Å². The molecule has 0 aliphatic heterocycles. The monoisotopic (exact) mass is 378 g/mol. The minimum Gasteiger partial charge on any atom is -0.447 e. The number of nitrogens with zero attached hydrogens (tertiary/aromatic N) is 1. The zero-order chi connectivity index (χ0) is 17.0. The second-order valence-corrected chi connectivity index (χ2v) is 7.79. The van der Waals surface area contributed by atoms with Crippen LogP contribution in [0.15, 0.2) is 0 Å². The Hall–Kier alpha value is -0.850. The number of aromatic nitrogens is 1. The molecular formula is C15H20Cl2N2O3S. The lowest BCUT2D eigenvalue weighted by atomic mass is 9.95. The van der Waals surface area contributed by atoms with E-state index in [1.165, 1.54) is 6.42 Å². The van der Waals surface area contributed by atoms with Gasteiger partial charge in [0.05, 0.1) is 0 Å². The van der Waals surface area contributed by atoms with Gasteiger partial charge in [0, 0.05) is 6.04 Å². The largest absolute Gasteiger partial charge is 0.447 e. The third-order valence-corrected chi connectivity index (χ3v) is 5.45. The molecule has 0 spiro atoms. The molecule has 1 N–H and O–H groups in total. The van der Waals surface area contributed by atoms with Gasteiger partial charge in [0.2, 0.25) is 0 Å². The van der Waals surface area contributed by atoms with E-state index in [-0.39, 0.29) is 32.9 Å². The van der Waals surface area contributed by atoms with Crippen molar-refractivity contribution in [1.29, 1.82) is 0 Å². The number of carbonyl (C=O) groups excluding carboxylic acids is 2. The van der Waals surface area contributed by atoms with Crippen molar-refractivity contribution in [2.45, 2.75) is 58.1 Å². The van der Waals surface area contributed by atoms with E-state index in [0.29, 0.717) is 0 Å². The molecule has 8 heteroatoms. The number of esters is 1. The first-order valence-corrected chi connectivity index (χ1v) is 9.25. The van der Waals surface area contributed by atoms with Crippen molar-refractivity contribution in [2.75, 3.05) is 0 Å². The zero-order valence-electron chi connectivity index (χ0n) is 13.1. The van der Waals surface area contributed by atoms with Crippen molar-refractivity contribution in [1.82, 2.24) is 9.69 Å². The topological polar surface area (TPSA) is 68.3 Å². The lowest BCUT2D eigenvalue weighted by molar-refractivity contribution is -0.133. The van der Waals surface area contributed by atoms with E-state index >= 15 is 0 Å². The first-order chi connectivity index (χ1) is 10.9.